The maximum absolute atomic E-state index is 5.83. The van der Waals surface area contributed by atoms with Gasteiger partial charge in [0, 0.05) is 18.2 Å². The van der Waals surface area contributed by atoms with Crippen molar-refractivity contribution in [3.8, 4) is 11.3 Å². The zero-order valence-electron chi connectivity index (χ0n) is 14.6. The minimum atomic E-state index is 0.135. The van der Waals surface area contributed by atoms with Crippen molar-refractivity contribution in [3.63, 3.8) is 0 Å². The zero-order valence-corrected chi connectivity index (χ0v) is 15.4. The number of aromatic nitrogens is 2. The van der Waals surface area contributed by atoms with E-state index in [1.54, 1.807) is 0 Å². The van der Waals surface area contributed by atoms with E-state index in [-0.39, 0.29) is 5.41 Å². The topological polar surface area (TPSA) is 43.3 Å². The molecule has 0 fully saturated rings. The Balaban J connectivity index is 2.18. The van der Waals surface area contributed by atoms with Gasteiger partial charge < -0.3 is 10.1 Å². The van der Waals surface area contributed by atoms with E-state index in [1.807, 2.05) is 12.3 Å². The summed E-state index contributed by atoms with van der Waals surface area (Å²) in [5.41, 5.74) is 12.5. The Labute approximate surface area is 148 Å². The summed E-state index contributed by atoms with van der Waals surface area (Å²) in [6, 6.07) is 12.7. The minimum Gasteiger partial charge on any atom is -0.393 e. The molecule has 0 aliphatic carbocycles. The highest BCUT2D eigenvalue weighted by Gasteiger charge is 2.17. The number of nitrogens with zero attached hydrogens (tertiary/aromatic N) is 2. The van der Waals surface area contributed by atoms with Crippen LogP contribution in [0.4, 0.5) is 0 Å². The standard InChI is InChI=1S/C20H23N3S/c1-13-6-5-11-23-16(12-17(21)24)18(22-19(13)23)14-7-9-15(10-8-14)20(2,3)4/h5-11H,12H2,1-4H3,(H2,21,24). The van der Waals surface area contributed by atoms with E-state index in [4.69, 9.17) is 22.9 Å². The predicted octanol–water partition coefficient (Wildman–Crippen LogP) is 4.44. The molecule has 2 aromatic heterocycles. The molecule has 0 radical (unpaired) electrons. The molecular formula is C20H23N3S. The fourth-order valence-electron chi connectivity index (χ4n) is 2.95. The first-order valence-corrected chi connectivity index (χ1v) is 8.54. The Morgan fingerprint density at radius 3 is 2.42 bits per heavy atom. The van der Waals surface area contributed by atoms with E-state index in [2.05, 4.69) is 62.4 Å². The average molecular weight is 337 g/mol. The summed E-state index contributed by atoms with van der Waals surface area (Å²) in [5, 5.41) is 0. The first-order chi connectivity index (χ1) is 11.3. The lowest BCUT2D eigenvalue weighted by atomic mass is 9.86. The molecule has 3 aromatic rings. The van der Waals surface area contributed by atoms with Gasteiger partial charge in [-0.2, -0.15) is 0 Å². The molecule has 24 heavy (non-hydrogen) atoms. The van der Waals surface area contributed by atoms with Gasteiger partial charge in [0.25, 0.3) is 0 Å². The molecule has 0 atom stereocenters. The predicted molar refractivity (Wildman–Crippen MR) is 105 cm³/mol. The van der Waals surface area contributed by atoms with Crippen LogP contribution in [0.3, 0.4) is 0 Å². The summed E-state index contributed by atoms with van der Waals surface area (Å²) in [5.74, 6) is 0. The second-order valence-electron chi connectivity index (χ2n) is 7.26. The molecule has 2 heterocycles. The van der Waals surface area contributed by atoms with Crippen LogP contribution in [-0.2, 0) is 11.8 Å². The Morgan fingerprint density at radius 2 is 1.83 bits per heavy atom. The van der Waals surface area contributed by atoms with Gasteiger partial charge in [-0.25, -0.2) is 4.98 Å². The van der Waals surface area contributed by atoms with Crippen LogP contribution in [0.2, 0.25) is 0 Å². The van der Waals surface area contributed by atoms with Crippen LogP contribution in [0.25, 0.3) is 16.9 Å². The Kier molecular flexibility index (Phi) is 4.18. The van der Waals surface area contributed by atoms with Crippen molar-refractivity contribution in [1.82, 2.24) is 9.38 Å². The molecule has 1 aromatic carbocycles. The van der Waals surface area contributed by atoms with Crippen LogP contribution in [0.5, 0.6) is 0 Å². The molecule has 3 nitrogen and oxygen atoms in total. The number of fused-ring (bicyclic) bond motifs is 1. The maximum atomic E-state index is 5.83. The van der Waals surface area contributed by atoms with E-state index < -0.39 is 0 Å². The van der Waals surface area contributed by atoms with Crippen molar-refractivity contribution >= 4 is 22.9 Å². The third kappa shape index (κ3) is 3.06. The first-order valence-electron chi connectivity index (χ1n) is 8.13. The lowest BCUT2D eigenvalue weighted by Gasteiger charge is -2.19. The normalized spacial score (nSPS) is 11.8. The van der Waals surface area contributed by atoms with Crippen molar-refractivity contribution in [2.45, 2.75) is 39.5 Å². The summed E-state index contributed by atoms with van der Waals surface area (Å²) in [4.78, 5) is 5.35. The summed E-state index contributed by atoms with van der Waals surface area (Å²) in [6.45, 7) is 8.72. The van der Waals surface area contributed by atoms with Gasteiger partial charge >= 0.3 is 0 Å². The number of benzene rings is 1. The molecule has 0 amide bonds. The highest BCUT2D eigenvalue weighted by Crippen LogP contribution is 2.29. The SMILES string of the molecule is Cc1cccn2c(CC(N)=S)c(-c3ccc(C(C)(C)C)cc3)nc12. The number of thiocarbonyl (C=S) groups is 1. The Bertz CT molecular complexity index is 899. The molecule has 0 bridgehead atoms. The minimum absolute atomic E-state index is 0.135. The number of nitrogens with two attached hydrogens (primary N) is 1. The number of hydrogen-bond donors (Lipinski definition) is 1. The van der Waals surface area contributed by atoms with Gasteiger partial charge in [0.05, 0.1) is 16.4 Å². The number of rotatable bonds is 3. The van der Waals surface area contributed by atoms with Crippen molar-refractivity contribution in [3.05, 3.63) is 59.4 Å². The summed E-state index contributed by atoms with van der Waals surface area (Å²) in [7, 11) is 0. The van der Waals surface area contributed by atoms with Gasteiger partial charge in [0.1, 0.15) is 5.65 Å². The molecule has 0 unspecified atom stereocenters. The fourth-order valence-corrected chi connectivity index (χ4v) is 3.08. The van der Waals surface area contributed by atoms with Gasteiger partial charge in [-0.15, -0.1) is 0 Å². The van der Waals surface area contributed by atoms with E-state index in [1.165, 1.54) is 5.56 Å². The lowest BCUT2D eigenvalue weighted by molar-refractivity contribution is 0.590. The van der Waals surface area contributed by atoms with E-state index in [0.29, 0.717) is 11.4 Å². The number of pyridine rings is 1. The van der Waals surface area contributed by atoms with Crippen LogP contribution < -0.4 is 5.73 Å². The smallest absolute Gasteiger partial charge is 0.140 e. The monoisotopic (exact) mass is 337 g/mol. The van der Waals surface area contributed by atoms with Crippen molar-refractivity contribution < 1.29 is 0 Å². The summed E-state index contributed by atoms with van der Waals surface area (Å²) >= 11 is 5.16. The van der Waals surface area contributed by atoms with E-state index >= 15 is 0 Å². The van der Waals surface area contributed by atoms with Crippen LogP contribution in [0, 0.1) is 6.92 Å². The molecule has 124 valence electrons. The van der Waals surface area contributed by atoms with Crippen LogP contribution in [-0.4, -0.2) is 14.4 Å². The number of hydrogen-bond acceptors (Lipinski definition) is 2. The van der Waals surface area contributed by atoms with Crippen LogP contribution in [0.1, 0.15) is 37.6 Å². The Hall–Kier alpha value is -2.20. The molecule has 0 aliphatic heterocycles. The largest absolute Gasteiger partial charge is 0.393 e. The second kappa shape index (κ2) is 6.02. The third-order valence-corrected chi connectivity index (χ3v) is 4.45. The van der Waals surface area contributed by atoms with Gasteiger partial charge in [0.15, 0.2) is 0 Å². The molecule has 0 spiro atoms. The number of aryl methyl sites for hydroxylation is 1. The highest BCUT2D eigenvalue weighted by molar-refractivity contribution is 7.80. The van der Waals surface area contributed by atoms with Crippen molar-refractivity contribution in [2.24, 2.45) is 5.73 Å². The molecule has 0 saturated carbocycles. The third-order valence-electron chi connectivity index (χ3n) is 4.31. The average Bonchev–Trinajstić information content (AvgIpc) is 2.86. The molecule has 0 aliphatic rings. The summed E-state index contributed by atoms with van der Waals surface area (Å²) in [6.07, 6.45) is 2.56. The summed E-state index contributed by atoms with van der Waals surface area (Å²) < 4.78 is 2.10. The van der Waals surface area contributed by atoms with E-state index in [0.717, 1.165) is 28.2 Å². The van der Waals surface area contributed by atoms with Crippen LogP contribution >= 0.6 is 12.2 Å². The molecule has 4 heteroatoms. The molecular weight excluding hydrogens is 314 g/mol. The fraction of sp³-hybridized carbons (Fsp3) is 0.300. The van der Waals surface area contributed by atoms with Gasteiger partial charge in [0.2, 0.25) is 0 Å². The zero-order chi connectivity index (χ0) is 17.5. The van der Waals surface area contributed by atoms with Gasteiger partial charge in [-0.3, -0.25) is 0 Å². The van der Waals surface area contributed by atoms with Gasteiger partial charge in [-0.05, 0) is 29.5 Å². The van der Waals surface area contributed by atoms with Crippen LogP contribution in [0.15, 0.2) is 42.6 Å². The van der Waals surface area contributed by atoms with Crippen molar-refractivity contribution in [2.75, 3.05) is 0 Å². The quantitative estimate of drug-likeness (QED) is 0.719. The molecule has 3 rings (SSSR count). The Morgan fingerprint density at radius 1 is 1.17 bits per heavy atom. The highest BCUT2D eigenvalue weighted by atomic mass is 32.1. The first kappa shape index (κ1) is 16.7. The molecule has 0 saturated heterocycles. The van der Waals surface area contributed by atoms with E-state index in [9.17, 15) is 0 Å². The number of imidazole rings is 1. The molecule has 2 N–H and O–H groups in total. The maximum Gasteiger partial charge on any atom is 0.140 e. The van der Waals surface area contributed by atoms with Gasteiger partial charge in [-0.1, -0.05) is 63.3 Å². The lowest BCUT2D eigenvalue weighted by Crippen LogP contribution is -2.13. The van der Waals surface area contributed by atoms with Crippen molar-refractivity contribution in [1.29, 1.82) is 0 Å². The second-order valence-corrected chi connectivity index (χ2v) is 7.79.